The van der Waals surface area contributed by atoms with Crippen LogP contribution >= 0.6 is 0 Å². The van der Waals surface area contributed by atoms with Crippen molar-refractivity contribution in [1.29, 1.82) is 0 Å². The summed E-state index contributed by atoms with van der Waals surface area (Å²) in [5, 5.41) is 9.53. The van der Waals surface area contributed by atoms with E-state index >= 15 is 0 Å². The summed E-state index contributed by atoms with van der Waals surface area (Å²) in [6, 6.07) is 17.2. The first-order chi connectivity index (χ1) is 16.8. The minimum atomic E-state index is 0.282. The molecule has 0 radical (unpaired) electrons. The second-order valence-corrected chi connectivity index (χ2v) is 9.47. The molecule has 0 saturated heterocycles. The largest absolute Gasteiger partial charge is 0.508 e. The summed E-state index contributed by atoms with van der Waals surface area (Å²) in [6.07, 6.45) is 23.5. The number of nitrogens with one attached hydrogen (secondary N) is 1. The van der Waals surface area contributed by atoms with Crippen LogP contribution in [0.5, 0.6) is 5.75 Å². The van der Waals surface area contributed by atoms with Gasteiger partial charge in [-0.15, -0.1) is 0 Å². The predicted molar refractivity (Wildman–Crippen MR) is 147 cm³/mol. The highest BCUT2D eigenvalue weighted by Crippen LogP contribution is 2.20. The summed E-state index contributed by atoms with van der Waals surface area (Å²) in [5.74, 6) is 1.20. The number of benzene rings is 2. The van der Waals surface area contributed by atoms with Crippen LogP contribution in [-0.2, 0) is 4.84 Å². The Morgan fingerprint density at radius 1 is 0.676 bits per heavy atom. The number of unbranched alkanes of at least 4 members (excludes halogenated alkanes) is 14. The van der Waals surface area contributed by atoms with Crippen LogP contribution < -0.4 is 5.48 Å². The molecule has 0 unspecified atom stereocenters. The zero-order valence-electron chi connectivity index (χ0n) is 21.4. The Labute approximate surface area is 208 Å². The Balaban J connectivity index is 1.56. The molecular formula is C31H47NO2. The van der Waals surface area contributed by atoms with Crippen molar-refractivity contribution < 1.29 is 9.94 Å². The van der Waals surface area contributed by atoms with Crippen LogP contribution in [0.2, 0.25) is 0 Å². The van der Waals surface area contributed by atoms with Gasteiger partial charge in [-0.25, -0.2) is 5.48 Å². The van der Waals surface area contributed by atoms with E-state index in [-0.39, 0.29) is 5.75 Å². The fourth-order valence-electron chi connectivity index (χ4n) is 4.21. The van der Waals surface area contributed by atoms with Crippen LogP contribution in [-0.4, -0.2) is 5.11 Å². The predicted octanol–water partition coefficient (Wildman–Crippen LogP) is 10.0. The van der Waals surface area contributed by atoms with Crippen molar-refractivity contribution in [2.24, 2.45) is 0 Å². The molecule has 0 heterocycles. The van der Waals surface area contributed by atoms with E-state index in [4.69, 9.17) is 4.84 Å². The van der Waals surface area contributed by atoms with Crippen LogP contribution in [0.4, 0.5) is 5.69 Å². The average molecular weight is 466 g/mol. The zero-order chi connectivity index (χ0) is 24.1. The standard InChI is InChI=1S/C31H47NO2/c1-2-3-4-5-6-7-8-9-10-11-12-13-14-15-19-22-31(27-28-23-25-30(33)26-24-28)34-32-29-20-17-16-18-21-29/h16-18,20-21,23-27,32-33H,2-15,19,22H2,1H3/b31-27-. The number of hydrogen-bond donors (Lipinski definition) is 2. The minimum absolute atomic E-state index is 0.282. The van der Waals surface area contributed by atoms with Gasteiger partial charge in [-0.3, -0.25) is 0 Å². The Bertz CT molecular complexity index is 755. The summed E-state index contributed by atoms with van der Waals surface area (Å²) >= 11 is 0. The van der Waals surface area contributed by atoms with E-state index in [1.54, 1.807) is 12.1 Å². The molecule has 0 aliphatic heterocycles. The highest BCUT2D eigenvalue weighted by molar-refractivity contribution is 5.53. The summed E-state index contributed by atoms with van der Waals surface area (Å²) in [6.45, 7) is 2.28. The molecule has 0 fully saturated rings. The topological polar surface area (TPSA) is 41.5 Å². The highest BCUT2D eigenvalue weighted by atomic mass is 16.6. The lowest BCUT2D eigenvalue weighted by Gasteiger charge is -2.12. The van der Waals surface area contributed by atoms with Gasteiger partial charge in [-0.1, -0.05) is 127 Å². The van der Waals surface area contributed by atoms with Crippen molar-refractivity contribution in [3.05, 3.63) is 65.9 Å². The Hall–Kier alpha value is -2.42. The summed E-state index contributed by atoms with van der Waals surface area (Å²) < 4.78 is 0. The Morgan fingerprint density at radius 2 is 1.18 bits per heavy atom. The van der Waals surface area contributed by atoms with Crippen LogP contribution in [0.25, 0.3) is 6.08 Å². The van der Waals surface area contributed by atoms with Crippen molar-refractivity contribution in [1.82, 2.24) is 0 Å². The van der Waals surface area contributed by atoms with Crippen LogP contribution in [0, 0.1) is 0 Å². The normalized spacial score (nSPS) is 11.5. The molecule has 2 N–H and O–H groups in total. The lowest BCUT2D eigenvalue weighted by atomic mass is 10.0. The molecule has 2 rings (SSSR count). The minimum Gasteiger partial charge on any atom is -0.508 e. The molecule has 0 aromatic heterocycles. The van der Waals surface area contributed by atoms with Gasteiger partial charge in [0.1, 0.15) is 11.5 Å². The van der Waals surface area contributed by atoms with E-state index < -0.39 is 0 Å². The van der Waals surface area contributed by atoms with E-state index in [0.29, 0.717) is 0 Å². The van der Waals surface area contributed by atoms with Gasteiger partial charge in [0, 0.05) is 6.42 Å². The molecule has 34 heavy (non-hydrogen) atoms. The van der Waals surface area contributed by atoms with Gasteiger partial charge < -0.3 is 9.94 Å². The average Bonchev–Trinajstić information content (AvgIpc) is 2.86. The molecule has 0 aliphatic rings. The number of phenolic OH excluding ortho intramolecular Hbond substituents is 1. The van der Waals surface area contributed by atoms with Crippen LogP contribution in [0.15, 0.2) is 60.4 Å². The quantitative estimate of drug-likeness (QED) is 0.116. The SMILES string of the molecule is CCCCCCCCCCCCCCCCC/C(=C/c1ccc(O)cc1)ONc1ccccc1. The fraction of sp³-hybridized carbons (Fsp3) is 0.548. The first-order valence-corrected chi connectivity index (χ1v) is 13.8. The van der Waals surface area contributed by atoms with Crippen molar-refractivity contribution in [2.45, 2.75) is 110 Å². The van der Waals surface area contributed by atoms with Gasteiger partial charge in [0.15, 0.2) is 0 Å². The zero-order valence-corrected chi connectivity index (χ0v) is 21.4. The van der Waals surface area contributed by atoms with Crippen LogP contribution in [0.3, 0.4) is 0 Å². The summed E-state index contributed by atoms with van der Waals surface area (Å²) in [5.41, 5.74) is 5.03. The van der Waals surface area contributed by atoms with Crippen molar-refractivity contribution in [2.75, 3.05) is 5.48 Å². The van der Waals surface area contributed by atoms with Crippen molar-refractivity contribution in [3.8, 4) is 5.75 Å². The molecule has 0 atom stereocenters. The molecule has 2 aromatic carbocycles. The second-order valence-electron chi connectivity index (χ2n) is 9.47. The number of allylic oxidation sites excluding steroid dienone is 1. The number of hydrogen-bond acceptors (Lipinski definition) is 3. The molecule has 0 bridgehead atoms. The number of para-hydroxylation sites is 1. The lowest BCUT2D eigenvalue weighted by Crippen LogP contribution is -2.01. The maximum absolute atomic E-state index is 9.53. The van der Waals surface area contributed by atoms with Crippen LogP contribution in [0.1, 0.15) is 115 Å². The Morgan fingerprint density at radius 3 is 1.71 bits per heavy atom. The molecule has 3 nitrogen and oxygen atoms in total. The second kappa shape index (κ2) is 18.9. The van der Waals surface area contributed by atoms with E-state index in [1.165, 1.54) is 89.9 Å². The monoisotopic (exact) mass is 465 g/mol. The van der Waals surface area contributed by atoms with Gasteiger partial charge >= 0.3 is 0 Å². The smallest absolute Gasteiger partial charge is 0.132 e. The van der Waals surface area contributed by atoms with Crippen molar-refractivity contribution >= 4 is 11.8 Å². The molecule has 2 aromatic rings. The highest BCUT2D eigenvalue weighted by Gasteiger charge is 2.03. The van der Waals surface area contributed by atoms with E-state index in [1.807, 2.05) is 42.5 Å². The molecular weight excluding hydrogens is 418 g/mol. The maximum atomic E-state index is 9.53. The third-order valence-electron chi connectivity index (χ3n) is 6.32. The molecule has 3 heteroatoms. The number of rotatable bonds is 20. The third-order valence-corrected chi connectivity index (χ3v) is 6.32. The molecule has 0 amide bonds. The van der Waals surface area contributed by atoms with Crippen molar-refractivity contribution in [3.63, 3.8) is 0 Å². The first-order valence-electron chi connectivity index (χ1n) is 13.8. The van der Waals surface area contributed by atoms with Gasteiger partial charge in [0.05, 0.1) is 5.69 Å². The summed E-state index contributed by atoms with van der Waals surface area (Å²) in [4.78, 5) is 5.93. The van der Waals surface area contributed by atoms with Gasteiger partial charge in [-0.2, -0.15) is 0 Å². The van der Waals surface area contributed by atoms with E-state index in [0.717, 1.165) is 29.9 Å². The first kappa shape index (κ1) is 27.8. The third kappa shape index (κ3) is 14.0. The summed E-state index contributed by atoms with van der Waals surface area (Å²) in [7, 11) is 0. The Kier molecular flexibility index (Phi) is 15.5. The maximum Gasteiger partial charge on any atom is 0.132 e. The van der Waals surface area contributed by atoms with E-state index in [9.17, 15) is 5.11 Å². The van der Waals surface area contributed by atoms with Gasteiger partial charge in [-0.05, 0) is 42.3 Å². The molecule has 0 saturated carbocycles. The number of aromatic hydroxyl groups is 1. The van der Waals surface area contributed by atoms with Gasteiger partial charge in [0.25, 0.3) is 0 Å². The molecule has 0 aliphatic carbocycles. The van der Waals surface area contributed by atoms with E-state index in [2.05, 4.69) is 18.5 Å². The van der Waals surface area contributed by atoms with Gasteiger partial charge in [0.2, 0.25) is 0 Å². The number of anilines is 1. The number of phenols is 1. The molecule has 188 valence electrons. The fourth-order valence-corrected chi connectivity index (χ4v) is 4.21. The lowest BCUT2D eigenvalue weighted by molar-refractivity contribution is 0.271. The molecule has 0 spiro atoms.